The molecule has 2 rings (SSSR count). The standard InChI is InChI=1S/C17H23N3O4S/c1-10-6-11(2)17(13(4)15(10)8-16(21)22)25(23,24)18-9-14-7-12(3)19-20(14)5/h6-7,18H,8-9H2,1-5H3,(H,21,22). The van der Waals surface area contributed by atoms with Crippen LogP contribution in [-0.4, -0.2) is 29.3 Å². The van der Waals surface area contributed by atoms with Gasteiger partial charge in [0.1, 0.15) is 0 Å². The number of rotatable bonds is 6. The molecule has 25 heavy (non-hydrogen) atoms. The molecule has 0 radical (unpaired) electrons. The Labute approximate surface area is 147 Å². The Balaban J connectivity index is 2.41. The third-order valence-electron chi connectivity index (χ3n) is 4.20. The van der Waals surface area contributed by atoms with Crippen LogP contribution in [0.4, 0.5) is 0 Å². The molecular formula is C17H23N3O4S. The van der Waals surface area contributed by atoms with Crippen LogP contribution in [0.5, 0.6) is 0 Å². The number of carbonyl (C=O) groups is 1. The summed E-state index contributed by atoms with van der Waals surface area (Å²) in [4.78, 5) is 11.2. The lowest BCUT2D eigenvalue weighted by Gasteiger charge is -2.17. The summed E-state index contributed by atoms with van der Waals surface area (Å²) in [6, 6.07) is 3.53. The van der Waals surface area contributed by atoms with Crippen molar-refractivity contribution in [2.24, 2.45) is 7.05 Å². The summed E-state index contributed by atoms with van der Waals surface area (Å²) in [5.41, 5.74) is 3.94. The van der Waals surface area contributed by atoms with Gasteiger partial charge >= 0.3 is 5.97 Å². The molecule has 2 aromatic rings. The van der Waals surface area contributed by atoms with E-state index in [-0.39, 0.29) is 17.9 Å². The summed E-state index contributed by atoms with van der Waals surface area (Å²) in [5.74, 6) is -0.989. The minimum absolute atomic E-state index is 0.112. The van der Waals surface area contributed by atoms with Crippen LogP contribution in [0.1, 0.15) is 33.6 Å². The SMILES string of the molecule is Cc1cc(CNS(=O)(=O)c2c(C)cc(C)c(CC(=O)O)c2C)n(C)n1. The van der Waals surface area contributed by atoms with Gasteiger partial charge in [0.05, 0.1) is 29.2 Å². The van der Waals surface area contributed by atoms with Gasteiger partial charge in [-0.3, -0.25) is 9.48 Å². The topological polar surface area (TPSA) is 101 Å². The number of hydrogen-bond donors (Lipinski definition) is 2. The summed E-state index contributed by atoms with van der Waals surface area (Å²) >= 11 is 0. The zero-order valence-corrected chi connectivity index (χ0v) is 15.9. The molecule has 0 bridgehead atoms. The summed E-state index contributed by atoms with van der Waals surface area (Å²) in [7, 11) is -2.03. The Bertz CT molecular complexity index is 930. The second-order valence-electron chi connectivity index (χ2n) is 6.24. The van der Waals surface area contributed by atoms with E-state index in [4.69, 9.17) is 5.11 Å². The Morgan fingerprint density at radius 1 is 1.20 bits per heavy atom. The lowest BCUT2D eigenvalue weighted by Crippen LogP contribution is -2.26. The Morgan fingerprint density at radius 3 is 2.36 bits per heavy atom. The van der Waals surface area contributed by atoms with Crippen molar-refractivity contribution in [1.82, 2.24) is 14.5 Å². The molecular weight excluding hydrogens is 342 g/mol. The first-order valence-corrected chi connectivity index (χ1v) is 9.32. The highest BCUT2D eigenvalue weighted by atomic mass is 32.2. The van der Waals surface area contributed by atoms with Gasteiger partial charge in [-0.15, -0.1) is 0 Å². The number of aromatic nitrogens is 2. The predicted molar refractivity (Wildman–Crippen MR) is 94.0 cm³/mol. The maximum Gasteiger partial charge on any atom is 0.307 e. The molecule has 0 spiro atoms. The molecule has 0 fully saturated rings. The van der Waals surface area contributed by atoms with Crippen LogP contribution in [0.25, 0.3) is 0 Å². The molecule has 1 aromatic heterocycles. The Morgan fingerprint density at radius 2 is 1.84 bits per heavy atom. The molecule has 0 atom stereocenters. The Hall–Kier alpha value is -2.19. The van der Waals surface area contributed by atoms with Gasteiger partial charge in [0, 0.05) is 7.05 Å². The van der Waals surface area contributed by atoms with E-state index in [1.807, 2.05) is 13.0 Å². The van der Waals surface area contributed by atoms with E-state index < -0.39 is 16.0 Å². The van der Waals surface area contributed by atoms with Crippen LogP contribution < -0.4 is 4.72 Å². The number of nitrogens with zero attached hydrogens (tertiary/aromatic N) is 2. The smallest absolute Gasteiger partial charge is 0.307 e. The summed E-state index contributed by atoms with van der Waals surface area (Å²) in [6.45, 7) is 7.11. The van der Waals surface area contributed by atoms with Gasteiger partial charge in [-0.2, -0.15) is 5.10 Å². The molecule has 8 heteroatoms. The molecule has 136 valence electrons. The summed E-state index contributed by atoms with van der Waals surface area (Å²) in [6.07, 6.45) is -0.207. The quantitative estimate of drug-likeness (QED) is 0.812. The van der Waals surface area contributed by atoms with E-state index in [9.17, 15) is 13.2 Å². The zero-order valence-electron chi connectivity index (χ0n) is 15.0. The van der Waals surface area contributed by atoms with Crippen LogP contribution in [0.15, 0.2) is 17.0 Å². The molecule has 0 unspecified atom stereocenters. The van der Waals surface area contributed by atoms with Gasteiger partial charge < -0.3 is 5.11 Å². The van der Waals surface area contributed by atoms with Crippen molar-refractivity contribution in [2.75, 3.05) is 0 Å². The van der Waals surface area contributed by atoms with Crippen LogP contribution in [-0.2, 0) is 34.8 Å². The highest BCUT2D eigenvalue weighted by Gasteiger charge is 2.23. The van der Waals surface area contributed by atoms with E-state index in [0.29, 0.717) is 16.7 Å². The first kappa shape index (κ1) is 19.1. The first-order valence-electron chi connectivity index (χ1n) is 7.83. The molecule has 0 amide bonds. The van der Waals surface area contributed by atoms with Gasteiger partial charge in [0.2, 0.25) is 10.0 Å². The molecule has 0 aliphatic rings. The summed E-state index contributed by atoms with van der Waals surface area (Å²) in [5, 5.41) is 13.3. The van der Waals surface area contributed by atoms with Crippen molar-refractivity contribution in [2.45, 2.75) is 45.6 Å². The van der Waals surface area contributed by atoms with E-state index in [0.717, 1.165) is 17.0 Å². The van der Waals surface area contributed by atoms with E-state index in [1.54, 1.807) is 38.6 Å². The minimum Gasteiger partial charge on any atom is -0.481 e. The molecule has 0 aliphatic heterocycles. The van der Waals surface area contributed by atoms with Gasteiger partial charge in [0.25, 0.3) is 0 Å². The summed E-state index contributed by atoms with van der Waals surface area (Å²) < 4.78 is 29.9. The molecule has 0 aliphatic carbocycles. The number of aryl methyl sites for hydroxylation is 4. The second kappa shape index (κ2) is 6.97. The van der Waals surface area contributed by atoms with Crippen LogP contribution in [0.2, 0.25) is 0 Å². The monoisotopic (exact) mass is 365 g/mol. The lowest BCUT2D eigenvalue weighted by atomic mass is 9.97. The number of carboxylic acid groups (broad SMARTS) is 1. The third-order valence-corrected chi connectivity index (χ3v) is 5.89. The number of benzene rings is 1. The molecule has 0 saturated carbocycles. The third kappa shape index (κ3) is 4.08. The molecule has 1 aromatic carbocycles. The van der Waals surface area contributed by atoms with Gasteiger partial charge in [0.15, 0.2) is 0 Å². The normalized spacial score (nSPS) is 11.7. The predicted octanol–water partition coefficient (Wildman–Crippen LogP) is 1.76. The molecule has 2 N–H and O–H groups in total. The highest BCUT2D eigenvalue weighted by Crippen LogP contribution is 2.27. The average molecular weight is 365 g/mol. The van der Waals surface area contributed by atoms with Crippen molar-refractivity contribution < 1.29 is 18.3 Å². The number of hydrogen-bond acceptors (Lipinski definition) is 4. The number of sulfonamides is 1. The van der Waals surface area contributed by atoms with Crippen LogP contribution >= 0.6 is 0 Å². The lowest BCUT2D eigenvalue weighted by molar-refractivity contribution is -0.136. The zero-order chi connectivity index (χ0) is 18.9. The molecule has 0 saturated heterocycles. The highest BCUT2D eigenvalue weighted by molar-refractivity contribution is 7.89. The van der Waals surface area contributed by atoms with Crippen molar-refractivity contribution >= 4 is 16.0 Å². The van der Waals surface area contributed by atoms with E-state index in [2.05, 4.69) is 9.82 Å². The van der Waals surface area contributed by atoms with Gasteiger partial charge in [-0.1, -0.05) is 6.07 Å². The van der Waals surface area contributed by atoms with Crippen molar-refractivity contribution in [3.8, 4) is 0 Å². The Kier molecular flexibility index (Phi) is 5.34. The van der Waals surface area contributed by atoms with Gasteiger partial charge in [-0.25, -0.2) is 13.1 Å². The second-order valence-corrected chi connectivity index (χ2v) is 7.94. The van der Waals surface area contributed by atoms with E-state index >= 15 is 0 Å². The fraction of sp³-hybridized carbons (Fsp3) is 0.412. The number of nitrogens with one attached hydrogen (secondary N) is 1. The largest absolute Gasteiger partial charge is 0.481 e. The molecule has 7 nitrogen and oxygen atoms in total. The minimum atomic E-state index is -3.79. The van der Waals surface area contributed by atoms with Crippen LogP contribution in [0, 0.1) is 27.7 Å². The number of carboxylic acids is 1. The maximum atomic E-state index is 12.8. The van der Waals surface area contributed by atoms with Crippen molar-refractivity contribution in [3.05, 3.63) is 45.8 Å². The van der Waals surface area contributed by atoms with Crippen molar-refractivity contribution in [1.29, 1.82) is 0 Å². The van der Waals surface area contributed by atoms with E-state index in [1.165, 1.54) is 0 Å². The average Bonchev–Trinajstić information content (AvgIpc) is 2.78. The first-order chi connectivity index (χ1) is 11.5. The fourth-order valence-corrected chi connectivity index (χ4v) is 4.60. The fourth-order valence-electron chi connectivity index (χ4n) is 3.11. The maximum absolute atomic E-state index is 12.8. The molecule has 1 heterocycles. The van der Waals surface area contributed by atoms with Crippen LogP contribution in [0.3, 0.4) is 0 Å². The number of aliphatic carboxylic acids is 1. The van der Waals surface area contributed by atoms with Crippen molar-refractivity contribution in [3.63, 3.8) is 0 Å². The van der Waals surface area contributed by atoms with Gasteiger partial charge in [-0.05, 0) is 56.0 Å².